The quantitative estimate of drug-likeness (QED) is 0.402. The fraction of sp³-hybridized carbons (Fsp3) is 0.320. The maximum atomic E-state index is 14.0. The zero-order chi connectivity index (χ0) is 23.7. The number of hydrogen-bond acceptors (Lipinski definition) is 3. The van der Waals surface area contributed by atoms with Gasteiger partial charge in [0.15, 0.2) is 17.5 Å². The second-order valence-electron chi connectivity index (χ2n) is 9.13. The summed E-state index contributed by atoms with van der Waals surface area (Å²) in [5.41, 5.74) is 4.48. The first-order valence-corrected chi connectivity index (χ1v) is 11.3. The number of imidazole rings is 1. The molecule has 1 saturated heterocycles. The molecule has 9 heteroatoms. The molecule has 2 aliphatic heterocycles. The van der Waals surface area contributed by atoms with E-state index in [1.54, 1.807) is 17.8 Å². The maximum absolute atomic E-state index is 14.0. The summed E-state index contributed by atoms with van der Waals surface area (Å²) in [6, 6.07) is 7.19. The fourth-order valence-electron chi connectivity index (χ4n) is 5.64. The molecule has 1 fully saturated rings. The Morgan fingerprint density at radius 1 is 1.12 bits per heavy atom. The Balaban J connectivity index is 1.45. The van der Waals surface area contributed by atoms with Crippen molar-refractivity contribution in [2.45, 2.75) is 44.7 Å². The minimum absolute atomic E-state index is 0.0725. The van der Waals surface area contributed by atoms with Gasteiger partial charge in [0.05, 0.1) is 23.1 Å². The zero-order valence-electron chi connectivity index (χ0n) is 18.7. The van der Waals surface area contributed by atoms with Crippen LogP contribution in [0.3, 0.4) is 0 Å². The minimum atomic E-state index is -1.49. The average molecular weight is 465 g/mol. The van der Waals surface area contributed by atoms with E-state index in [0.29, 0.717) is 23.5 Å². The summed E-state index contributed by atoms with van der Waals surface area (Å²) >= 11 is 0. The van der Waals surface area contributed by atoms with Crippen LogP contribution in [0.2, 0.25) is 0 Å². The highest BCUT2D eigenvalue weighted by atomic mass is 19.2. The largest absolute Gasteiger partial charge is 0.325 e. The first-order valence-electron chi connectivity index (χ1n) is 11.3. The molecule has 0 aliphatic carbocycles. The van der Waals surface area contributed by atoms with E-state index in [-0.39, 0.29) is 23.6 Å². The Kier molecular flexibility index (Phi) is 4.59. The van der Waals surface area contributed by atoms with Gasteiger partial charge in [-0.15, -0.1) is 0 Å². The van der Waals surface area contributed by atoms with Crippen molar-refractivity contribution in [1.82, 2.24) is 24.1 Å². The van der Waals surface area contributed by atoms with Crippen LogP contribution in [0, 0.1) is 24.4 Å². The lowest BCUT2D eigenvalue weighted by atomic mass is 9.81. The number of carbonyl (C=O) groups is 1. The molecule has 3 aromatic heterocycles. The maximum Gasteiger partial charge on any atom is 0.271 e. The summed E-state index contributed by atoms with van der Waals surface area (Å²) in [7, 11) is 1.71. The number of rotatable bonds is 2. The van der Waals surface area contributed by atoms with Gasteiger partial charge in [-0.25, -0.2) is 18.2 Å². The molecule has 1 aromatic carbocycles. The summed E-state index contributed by atoms with van der Waals surface area (Å²) in [4.78, 5) is 20.2. The van der Waals surface area contributed by atoms with Crippen molar-refractivity contribution in [2.24, 2.45) is 7.05 Å². The lowest BCUT2D eigenvalue weighted by molar-refractivity contribution is 0.0384. The molecular weight excluding hydrogens is 443 g/mol. The molecule has 4 aromatic rings. The summed E-state index contributed by atoms with van der Waals surface area (Å²) in [5, 5.41) is 4.69. The van der Waals surface area contributed by atoms with Gasteiger partial charge in [-0.2, -0.15) is 5.10 Å². The van der Waals surface area contributed by atoms with Crippen LogP contribution < -0.4 is 0 Å². The molecule has 0 unspecified atom stereocenters. The summed E-state index contributed by atoms with van der Waals surface area (Å²) in [6.07, 6.45) is 4.89. The lowest BCUT2D eigenvalue weighted by Gasteiger charge is -2.45. The Hall–Kier alpha value is -3.62. The van der Waals surface area contributed by atoms with Gasteiger partial charge in [-0.1, -0.05) is 6.07 Å². The average Bonchev–Trinajstić information content (AvgIpc) is 3.34. The van der Waals surface area contributed by atoms with Crippen LogP contribution in [0.1, 0.15) is 52.7 Å². The summed E-state index contributed by atoms with van der Waals surface area (Å²) in [6.45, 7) is 1.89. The molecule has 2 atom stereocenters. The number of amides is 1. The van der Waals surface area contributed by atoms with Crippen molar-refractivity contribution in [3.8, 4) is 11.3 Å². The predicted octanol–water partition coefficient (Wildman–Crippen LogP) is 4.75. The van der Waals surface area contributed by atoms with E-state index in [1.807, 2.05) is 34.6 Å². The van der Waals surface area contributed by atoms with Crippen molar-refractivity contribution in [2.75, 3.05) is 0 Å². The smallest absolute Gasteiger partial charge is 0.271 e. The lowest BCUT2D eigenvalue weighted by Crippen LogP contribution is -2.50. The number of aryl methyl sites for hydroxylation is 2. The minimum Gasteiger partial charge on any atom is -0.325 e. The molecule has 2 aliphatic rings. The number of pyridine rings is 1. The molecule has 0 saturated carbocycles. The molecule has 0 radical (unpaired) electrons. The molecule has 0 N–H and O–H groups in total. The van der Waals surface area contributed by atoms with Gasteiger partial charge in [0.2, 0.25) is 0 Å². The molecule has 6 nitrogen and oxygen atoms in total. The summed E-state index contributed by atoms with van der Waals surface area (Å²) in [5.74, 6) is -4.05. The van der Waals surface area contributed by atoms with Gasteiger partial charge < -0.3 is 4.90 Å². The van der Waals surface area contributed by atoms with Gasteiger partial charge >= 0.3 is 0 Å². The second-order valence-corrected chi connectivity index (χ2v) is 9.13. The number of aromatic nitrogens is 4. The van der Waals surface area contributed by atoms with Crippen LogP contribution in [0.15, 0.2) is 36.5 Å². The first-order chi connectivity index (χ1) is 16.3. The molecule has 34 heavy (non-hydrogen) atoms. The first kappa shape index (κ1) is 20.9. The second kappa shape index (κ2) is 7.44. The number of fused-ring (bicyclic) bond motifs is 5. The van der Waals surface area contributed by atoms with E-state index in [9.17, 15) is 18.0 Å². The molecular formula is C25H22F3N5O. The van der Waals surface area contributed by atoms with Crippen molar-refractivity contribution >= 4 is 11.6 Å². The molecule has 1 amide bonds. The van der Waals surface area contributed by atoms with Gasteiger partial charge in [0.1, 0.15) is 11.3 Å². The number of nitrogens with zero attached hydrogens (tertiary/aromatic N) is 5. The molecule has 5 heterocycles. The highest BCUT2D eigenvalue weighted by molar-refractivity contribution is 5.94. The fourth-order valence-corrected chi connectivity index (χ4v) is 5.64. The normalized spacial score (nSPS) is 19.5. The van der Waals surface area contributed by atoms with Crippen molar-refractivity contribution in [3.63, 3.8) is 0 Å². The SMILES string of the molecule is Cc1cn2c(C(=O)N3[C@H]4CCC[C@@H]3c3nn(C)c(-c5cc(F)c(F)c(F)c5)c3C4)cccc2n1. The Bertz CT molecular complexity index is 1450. The van der Waals surface area contributed by atoms with Gasteiger partial charge in [0, 0.05) is 30.4 Å². The van der Waals surface area contributed by atoms with E-state index in [1.165, 1.54) is 0 Å². The monoisotopic (exact) mass is 465 g/mol. The third-order valence-electron chi connectivity index (χ3n) is 7.00. The van der Waals surface area contributed by atoms with Crippen LogP contribution in [-0.4, -0.2) is 36.0 Å². The zero-order valence-corrected chi connectivity index (χ0v) is 18.7. The third kappa shape index (κ3) is 2.99. The topological polar surface area (TPSA) is 55.4 Å². The number of hydrogen-bond donors (Lipinski definition) is 0. The predicted molar refractivity (Wildman–Crippen MR) is 119 cm³/mol. The Morgan fingerprint density at radius 3 is 2.65 bits per heavy atom. The standard InChI is InChI=1S/C25H22F3N5O/c1-13-12-32-20(7-4-8-21(32)29-13)25(34)33-15-5-3-6-19(33)23-16(11-15)24(31(2)30-23)14-9-17(26)22(28)18(27)10-14/h4,7-10,12,15,19H,3,5-6,11H2,1-2H3/t15-,19+/m0/s1. The number of piperidine rings is 1. The number of benzene rings is 1. The van der Waals surface area contributed by atoms with Crippen molar-refractivity contribution in [1.29, 1.82) is 0 Å². The van der Waals surface area contributed by atoms with Gasteiger partial charge in [-0.3, -0.25) is 13.9 Å². The summed E-state index contributed by atoms with van der Waals surface area (Å²) < 4.78 is 45.0. The van der Waals surface area contributed by atoms with Crippen LogP contribution in [0.25, 0.3) is 16.9 Å². The van der Waals surface area contributed by atoms with Crippen LogP contribution in [0.5, 0.6) is 0 Å². The van der Waals surface area contributed by atoms with Crippen LogP contribution in [-0.2, 0) is 13.5 Å². The molecule has 0 spiro atoms. The molecule has 2 bridgehead atoms. The van der Waals surface area contributed by atoms with E-state index in [0.717, 1.165) is 48.3 Å². The Morgan fingerprint density at radius 2 is 1.88 bits per heavy atom. The van der Waals surface area contributed by atoms with Crippen molar-refractivity contribution in [3.05, 3.63) is 76.6 Å². The van der Waals surface area contributed by atoms with E-state index in [4.69, 9.17) is 0 Å². The number of halogens is 3. The highest BCUT2D eigenvalue weighted by Crippen LogP contribution is 2.45. The van der Waals surface area contributed by atoms with E-state index < -0.39 is 17.5 Å². The molecule has 174 valence electrons. The highest BCUT2D eigenvalue weighted by Gasteiger charge is 2.44. The molecule has 6 rings (SSSR count). The van der Waals surface area contributed by atoms with Crippen LogP contribution in [0.4, 0.5) is 13.2 Å². The van der Waals surface area contributed by atoms with Gasteiger partial charge in [-0.05, 0) is 56.9 Å². The van der Waals surface area contributed by atoms with E-state index in [2.05, 4.69) is 10.1 Å². The Labute approximate surface area is 193 Å². The van der Waals surface area contributed by atoms with Crippen molar-refractivity contribution < 1.29 is 18.0 Å². The van der Waals surface area contributed by atoms with Crippen LogP contribution >= 0.6 is 0 Å². The third-order valence-corrected chi connectivity index (χ3v) is 7.00. The van der Waals surface area contributed by atoms with Gasteiger partial charge in [0.25, 0.3) is 5.91 Å². The number of carbonyl (C=O) groups excluding carboxylic acids is 1. The van der Waals surface area contributed by atoms with E-state index >= 15 is 0 Å².